The zero-order valence-corrected chi connectivity index (χ0v) is 18.4. The predicted octanol–water partition coefficient (Wildman–Crippen LogP) is 3.44. The summed E-state index contributed by atoms with van der Waals surface area (Å²) >= 11 is 1.35. The van der Waals surface area contributed by atoms with Crippen molar-refractivity contribution in [3.05, 3.63) is 75.6 Å². The molecular weight excluding hydrogens is 428 g/mol. The van der Waals surface area contributed by atoms with E-state index in [2.05, 4.69) is 26.7 Å². The van der Waals surface area contributed by atoms with Crippen LogP contribution in [0.1, 0.15) is 29.0 Å². The standard InChI is InChI=1S/C23H22N4O4S/c1-13-6-5-7-14(10-13)12-32-23-26-20-19(22(30)27-23)15(11-18(28)25-20)21(29)24-16-8-3-4-9-17(16)31-2/h3-10,15H,11-12H2,1-2H3,(H,24,29)(H2,25,26,27,28,30)/t15-/m1/s1. The summed E-state index contributed by atoms with van der Waals surface area (Å²) in [5, 5.41) is 5.76. The van der Waals surface area contributed by atoms with Crippen molar-refractivity contribution in [2.75, 3.05) is 17.7 Å². The number of hydrogen-bond acceptors (Lipinski definition) is 6. The van der Waals surface area contributed by atoms with Crippen molar-refractivity contribution in [1.82, 2.24) is 9.97 Å². The van der Waals surface area contributed by atoms with Gasteiger partial charge in [-0.25, -0.2) is 4.98 Å². The molecule has 0 fully saturated rings. The minimum absolute atomic E-state index is 0.122. The van der Waals surface area contributed by atoms with Gasteiger partial charge in [-0.3, -0.25) is 14.4 Å². The van der Waals surface area contributed by atoms with Crippen LogP contribution in [0.5, 0.6) is 5.75 Å². The van der Waals surface area contributed by atoms with Crippen molar-refractivity contribution >= 4 is 35.1 Å². The Labute approximate surface area is 188 Å². The highest BCUT2D eigenvalue weighted by Crippen LogP contribution is 2.32. The van der Waals surface area contributed by atoms with Crippen molar-refractivity contribution in [2.45, 2.75) is 30.2 Å². The third kappa shape index (κ3) is 4.67. The predicted molar refractivity (Wildman–Crippen MR) is 123 cm³/mol. The summed E-state index contributed by atoms with van der Waals surface area (Å²) in [7, 11) is 1.50. The zero-order valence-electron chi connectivity index (χ0n) is 17.6. The van der Waals surface area contributed by atoms with Gasteiger partial charge in [-0.05, 0) is 24.6 Å². The van der Waals surface area contributed by atoms with E-state index in [1.807, 2.05) is 25.1 Å². The van der Waals surface area contributed by atoms with Gasteiger partial charge in [0.2, 0.25) is 11.8 Å². The highest BCUT2D eigenvalue weighted by Gasteiger charge is 2.35. The lowest BCUT2D eigenvalue weighted by atomic mass is 9.92. The van der Waals surface area contributed by atoms with Crippen LogP contribution >= 0.6 is 11.8 Å². The maximum absolute atomic E-state index is 13.0. The number of aromatic amines is 1. The van der Waals surface area contributed by atoms with E-state index in [9.17, 15) is 14.4 Å². The van der Waals surface area contributed by atoms with E-state index < -0.39 is 17.4 Å². The lowest BCUT2D eigenvalue weighted by Crippen LogP contribution is -2.36. The number of nitrogens with zero attached hydrogens (tertiary/aromatic N) is 1. The molecule has 0 aliphatic carbocycles. The zero-order chi connectivity index (χ0) is 22.7. The number of para-hydroxylation sites is 2. The number of amides is 2. The number of carbonyl (C=O) groups excluding carboxylic acids is 2. The molecule has 0 bridgehead atoms. The van der Waals surface area contributed by atoms with Gasteiger partial charge in [-0.15, -0.1) is 0 Å². The van der Waals surface area contributed by atoms with Gasteiger partial charge in [-0.2, -0.15) is 0 Å². The Morgan fingerprint density at radius 3 is 2.81 bits per heavy atom. The average Bonchev–Trinajstić information content (AvgIpc) is 2.77. The lowest BCUT2D eigenvalue weighted by Gasteiger charge is -2.23. The first-order valence-corrected chi connectivity index (χ1v) is 11.0. The number of methoxy groups -OCH3 is 1. The van der Waals surface area contributed by atoms with Gasteiger partial charge in [-0.1, -0.05) is 53.7 Å². The molecule has 1 aromatic heterocycles. The summed E-state index contributed by atoms with van der Waals surface area (Å²) in [5.41, 5.74) is 2.40. The second kappa shape index (κ2) is 9.27. The molecule has 0 spiro atoms. The van der Waals surface area contributed by atoms with Crippen LogP contribution in [0.15, 0.2) is 58.5 Å². The van der Waals surface area contributed by atoms with Gasteiger partial charge >= 0.3 is 0 Å². The van der Waals surface area contributed by atoms with E-state index in [1.165, 1.54) is 18.9 Å². The molecule has 1 aliphatic rings. The smallest absolute Gasteiger partial charge is 0.257 e. The van der Waals surface area contributed by atoms with Gasteiger partial charge in [0.05, 0.1) is 24.3 Å². The van der Waals surface area contributed by atoms with Gasteiger partial charge in [0.25, 0.3) is 5.56 Å². The Morgan fingerprint density at radius 1 is 1.22 bits per heavy atom. The topological polar surface area (TPSA) is 113 Å². The fraction of sp³-hybridized carbons (Fsp3) is 0.217. The Kier molecular flexibility index (Phi) is 6.27. The van der Waals surface area contributed by atoms with Crippen LogP contribution < -0.4 is 20.9 Å². The van der Waals surface area contributed by atoms with Crippen LogP contribution in [0.3, 0.4) is 0 Å². The van der Waals surface area contributed by atoms with Gasteiger partial charge in [0.15, 0.2) is 5.16 Å². The van der Waals surface area contributed by atoms with Crippen LogP contribution in [0.25, 0.3) is 0 Å². The molecule has 2 heterocycles. The fourth-order valence-corrected chi connectivity index (χ4v) is 4.37. The maximum atomic E-state index is 13.0. The molecule has 9 heteroatoms. The van der Waals surface area contributed by atoms with Crippen LogP contribution in [0.2, 0.25) is 0 Å². The number of nitrogens with one attached hydrogen (secondary N) is 3. The normalized spacial score (nSPS) is 14.9. The molecule has 3 N–H and O–H groups in total. The lowest BCUT2D eigenvalue weighted by molar-refractivity contribution is -0.123. The maximum Gasteiger partial charge on any atom is 0.257 e. The number of anilines is 2. The number of thioether (sulfide) groups is 1. The Bertz CT molecular complexity index is 1240. The van der Waals surface area contributed by atoms with Crippen molar-refractivity contribution in [3.63, 3.8) is 0 Å². The molecule has 4 rings (SSSR count). The number of ether oxygens (including phenoxy) is 1. The number of hydrogen-bond donors (Lipinski definition) is 3. The Hall–Kier alpha value is -3.59. The summed E-state index contributed by atoms with van der Waals surface area (Å²) in [6.45, 7) is 2.01. The first-order valence-electron chi connectivity index (χ1n) is 10.0. The number of carbonyl (C=O) groups is 2. The molecule has 0 saturated heterocycles. The molecule has 32 heavy (non-hydrogen) atoms. The molecule has 164 valence electrons. The Balaban J connectivity index is 1.58. The van der Waals surface area contributed by atoms with E-state index >= 15 is 0 Å². The second-order valence-electron chi connectivity index (χ2n) is 7.41. The molecule has 1 aliphatic heterocycles. The minimum atomic E-state index is -0.962. The number of benzene rings is 2. The van der Waals surface area contributed by atoms with Crippen LogP contribution in [-0.2, 0) is 15.3 Å². The third-order valence-electron chi connectivity index (χ3n) is 5.07. The Morgan fingerprint density at radius 2 is 2.03 bits per heavy atom. The first kappa shape index (κ1) is 21.6. The monoisotopic (exact) mass is 450 g/mol. The molecule has 2 aromatic carbocycles. The number of fused-ring (bicyclic) bond motifs is 1. The van der Waals surface area contributed by atoms with Crippen molar-refractivity contribution in [2.24, 2.45) is 0 Å². The van der Waals surface area contributed by atoms with Crippen LogP contribution in [-0.4, -0.2) is 28.9 Å². The molecule has 0 unspecified atom stereocenters. The van der Waals surface area contributed by atoms with Crippen LogP contribution in [0, 0.1) is 6.92 Å². The molecule has 1 atom stereocenters. The SMILES string of the molecule is COc1ccccc1NC(=O)[C@@H]1CC(=O)Nc2nc(SCc3cccc(C)c3)[nH]c(=O)c21. The number of aryl methyl sites for hydroxylation is 1. The van der Waals surface area contributed by atoms with E-state index in [0.29, 0.717) is 22.3 Å². The number of rotatable bonds is 6. The summed E-state index contributed by atoms with van der Waals surface area (Å²) < 4.78 is 5.26. The highest BCUT2D eigenvalue weighted by atomic mass is 32.2. The number of H-pyrrole nitrogens is 1. The van der Waals surface area contributed by atoms with E-state index in [0.717, 1.165) is 11.1 Å². The van der Waals surface area contributed by atoms with E-state index in [1.54, 1.807) is 24.3 Å². The van der Waals surface area contributed by atoms with Crippen molar-refractivity contribution in [3.8, 4) is 5.75 Å². The summed E-state index contributed by atoms with van der Waals surface area (Å²) in [6.07, 6.45) is -0.144. The minimum Gasteiger partial charge on any atom is -0.495 e. The van der Waals surface area contributed by atoms with Crippen LogP contribution in [0.4, 0.5) is 11.5 Å². The van der Waals surface area contributed by atoms with E-state index in [-0.39, 0.29) is 23.7 Å². The quantitative estimate of drug-likeness (QED) is 0.392. The summed E-state index contributed by atoms with van der Waals surface area (Å²) in [6, 6.07) is 15.0. The average molecular weight is 451 g/mol. The molecular formula is C23H22N4O4S. The largest absolute Gasteiger partial charge is 0.495 e. The second-order valence-corrected chi connectivity index (χ2v) is 8.37. The molecule has 3 aromatic rings. The van der Waals surface area contributed by atoms with E-state index in [4.69, 9.17) is 4.74 Å². The number of aromatic nitrogens is 2. The van der Waals surface area contributed by atoms with Gasteiger partial charge in [0.1, 0.15) is 11.6 Å². The molecule has 2 amide bonds. The van der Waals surface area contributed by atoms with Gasteiger partial charge < -0.3 is 20.4 Å². The molecule has 8 nitrogen and oxygen atoms in total. The first-order chi connectivity index (χ1) is 15.4. The third-order valence-corrected chi connectivity index (χ3v) is 6.01. The van der Waals surface area contributed by atoms with Crippen molar-refractivity contribution in [1.29, 1.82) is 0 Å². The van der Waals surface area contributed by atoms with Gasteiger partial charge in [0, 0.05) is 12.2 Å². The molecule has 0 radical (unpaired) electrons. The van der Waals surface area contributed by atoms with Crippen molar-refractivity contribution < 1.29 is 14.3 Å². The highest BCUT2D eigenvalue weighted by molar-refractivity contribution is 7.98. The summed E-state index contributed by atoms with van der Waals surface area (Å²) in [5.74, 6) is -0.595. The summed E-state index contributed by atoms with van der Waals surface area (Å²) in [4.78, 5) is 45.3. The fourth-order valence-electron chi connectivity index (χ4n) is 3.56. The molecule has 0 saturated carbocycles.